The summed E-state index contributed by atoms with van der Waals surface area (Å²) in [5.74, 6) is -0.812. The van der Waals surface area contributed by atoms with Gasteiger partial charge < -0.3 is 5.11 Å². The van der Waals surface area contributed by atoms with Crippen molar-refractivity contribution >= 4 is 16.7 Å². The predicted molar refractivity (Wildman–Crippen MR) is 81.8 cm³/mol. The molecule has 0 saturated carbocycles. The third-order valence-corrected chi connectivity index (χ3v) is 4.24. The van der Waals surface area contributed by atoms with Crippen LogP contribution >= 0.6 is 0 Å². The molecule has 0 aliphatic carbocycles. The van der Waals surface area contributed by atoms with E-state index in [-0.39, 0.29) is 6.04 Å². The van der Waals surface area contributed by atoms with Crippen LogP contribution < -0.4 is 0 Å². The highest BCUT2D eigenvalue weighted by molar-refractivity contribution is 5.83. The Labute approximate surface area is 119 Å². The molecule has 0 saturated heterocycles. The second-order valence-electron chi connectivity index (χ2n) is 5.76. The Morgan fingerprint density at radius 3 is 2.35 bits per heavy atom. The van der Waals surface area contributed by atoms with Gasteiger partial charge in [-0.2, -0.15) is 0 Å². The maximum absolute atomic E-state index is 11.4. The number of fused-ring (bicyclic) bond motifs is 1. The molecule has 0 aromatic heterocycles. The summed E-state index contributed by atoms with van der Waals surface area (Å²) in [4.78, 5) is 13.3. The number of aliphatic carboxylic acids is 1. The number of benzene rings is 2. The van der Waals surface area contributed by atoms with Crippen LogP contribution in [0.15, 0.2) is 42.5 Å². The molecule has 0 aliphatic rings. The molecule has 2 rings (SSSR count). The minimum absolute atomic E-state index is 0.0331. The zero-order valence-electron chi connectivity index (χ0n) is 12.4. The van der Waals surface area contributed by atoms with Crippen molar-refractivity contribution in [1.29, 1.82) is 0 Å². The number of rotatable bonds is 4. The van der Waals surface area contributed by atoms with Crippen LogP contribution in [0.2, 0.25) is 0 Å². The van der Waals surface area contributed by atoms with Crippen molar-refractivity contribution in [1.82, 2.24) is 4.90 Å². The third-order valence-electron chi connectivity index (χ3n) is 4.24. The van der Waals surface area contributed by atoms with Crippen molar-refractivity contribution in [2.75, 3.05) is 7.05 Å². The van der Waals surface area contributed by atoms with E-state index in [1.54, 1.807) is 13.8 Å². The molecule has 3 nitrogen and oxygen atoms in total. The number of carboxylic acids is 1. The van der Waals surface area contributed by atoms with Crippen molar-refractivity contribution in [3.8, 4) is 0 Å². The number of carbonyl (C=O) groups is 1. The summed E-state index contributed by atoms with van der Waals surface area (Å²) in [6.45, 7) is 5.49. The van der Waals surface area contributed by atoms with Crippen LogP contribution in [-0.2, 0) is 4.79 Å². The van der Waals surface area contributed by atoms with Gasteiger partial charge in [-0.05, 0) is 50.2 Å². The van der Waals surface area contributed by atoms with Crippen LogP contribution in [0.4, 0.5) is 0 Å². The lowest BCUT2D eigenvalue weighted by molar-refractivity contribution is -0.149. The van der Waals surface area contributed by atoms with Gasteiger partial charge in [0.05, 0.1) is 0 Å². The monoisotopic (exact) mass is 271 g/mol. The molecule has 0 fully saturated rings. The van der Waals surface area contributed by atoms with E-state index < -0.39 is 11.5 Å². The number of nitrogens with zero attached hydrogens (tertiary/aromatic N) is 1. The van der Waals surface area contributed by atoms with Crippen molar-refractivity contribution < 1.29 is 9.90 Å². The minimum Gasteiger partial charge on any atom is -0.480 e. The fraction of sp³-hybridized carbons (Fsp3) is 0.353. The zero-order valence-corrected chi connectivity index (χ0v) is 12.4. The first-order chi connectivity index (χ1) is 9.34. The maximum atomic E-state index is 11.4. The van der Waals surface area contributed by atoms with Crippen molar-refractivity contribution in [3.63, 3.8) is 0 Å². The van der Waals surface area contributed by atoms with E-state index in [9.17, 15) is 9.90 Å². The molecule has 1 unspecified atom stereocenters. The molecule has 0 heterocycles. The van der Waals surface area contributed by atoms with Gasteiger partial charge in [0.2, 0.25) is 0 Å². The quantitative estimate of drug-likeness (QED) is 0.921. The van der Waals surface area contributed by atoms with Crippen LogP contribution in [0.25, 0.3) is 10.8 Å². The van der Waals surface area contributed by atoms with Gasteiger partial charge in [-0.25, -0.2) is 0 Å². The van der Waals surface area contributed by atoms with Crippen LogP contribution in [0, 0.1) is 0 Å². The topological polar surface area (TPSA) is 40.5 Å². The number of hydrogen-bond acceptors (Lipinski definition) is 2. The highest BCUT2D eigenvalue weighted by Gasteiger charge is 2.35. The van der Waals surface area contributed by atoms with E-state index in [0.29, 0.717) is 0 Å². The normalized spacial score (nSPS) is 13.7. The van der Waals surface area contributed by atoms with Gasteiger partial charge in [-0.1, -0.05) is 36.4 Å². The standard InChI is InChI=1S/C17H21NO2/c1-12(18(4)17(2,3)16(19)20)14-10-9-13-7-5-6-8-15(13)11-14/h5-12H,1-4H3,(H,19,20). The summed E-state index contributed by atoms with van der Waals surface area (Å²) in [5.41, 5.74) is 0.228. The molecule has 3 heteroatoms. The maximum Gasteiger partial charge on any atom is 0.323 e. The number of likely N-dealkylation sites (N-methyl/N-ethyl adjacent to an activating group) is 1. The Kier molecular flexibility index (Phi) is 3.82. The molecule has 2 aromatic rings. The van der Waals surface area contributed by atoms with E-state index in [1.807, 2.05) is 31.0 Å². The largest absolute Gasteiger partial charge is 0.480 e. The molecular formula is C17H21NO2. The van der Waals surface area contributed by atoms with Crippen molar-refractivity contribution in [2.45, 2.75) is 32.4 Å². The van der Waals surface area contributed by atoms with Crippen LogP contribution in [-0.4, -0.2) is 28.6 Å². The van der Waals surface area contributed by atoms with Gasteiger partial charge in [0.1, 0.15) is 5.54 Å². The molecule has 0 spiro atoms. The van der Waals surface area contributed by atoms with Gasteiger partial charge in [-0.3, -0.25) is 9.69 Å². The van der Waals surface area contributed by atoms with E-state index in [4.69, 9.17) is 0 Å². The summed E-state index contributed by atoms with van der Waals surface area (Å²) < 4.78 is 0. The molecule has 20 heavy (non-hydrogen) atoms. The van der Waals surface area contributed by atoms with Crippen LogP contribution in [0.3, 0.4) is 0 Å². The Hall–Kier alpha value is -1.87. The Balaban J connectivity index is 2.35. The van der Waals surface area contributed by atoms with Gasteiger partial charge >= 0.3 is 5.97 Å². The third kappa shape index (κ3) is 2.54. The van der Waals surface area contributed by atoms with Gasteiger partial charge in [0, 0.05) is 6.04 Å². The van der Waals surface area contributed by atoms with Crippen LogP contribution in [0.5, 0.6) is 0 Å². The molecule has 0 amide bonds. The second kappa shape index (κ2) is 5.25. The highest BCUT2D eigenvalue weighted by atomic mass is 16.4. The van der Waals surface area contributed by atoms with Gasteiger partial charge in [0.25, 0.3) is 0 Å². The van der Waals surface area contributed by atoms with E-state index >= 15 is 0 Å². The summed E-state index contributed by atoms with van der Waals surface area (Å²) >= 11 is 0. The average Bonchev–Trinajstić information content (AvgIpc) is 2.44. The van der Waals surface area contributed by atoms with Gasteiger partial charge in [0.15, 0.2) is 0 Å². The lowest BCUT2D eigenvalue weighted by Gasteiger charge is -2.36. The first kappa shape index (κ1) is 14.5. The SMILES string of the molecule is CC(c1ccc2ccccc2c1)N(C)C(C)(C)C(=O)O. The summed E-state index contributed by atoms with van der Waals surface area (Å²) in [6.07, 6.45) is 0. The molecule has 0 aliphatic heterocycles. The summed E-state index contributed by atoms with van der Waals surface area (Å²) in [6, 6.07) is 14.5. The zero-order chi connectivity index (χ0) is 14.9. The first-order valence-electron chi connectivity index (χ1n) is 6.79. The summed E-state index contributed by atoms with van der Waals surface area (Å²) in [5, 5.41) is 11.7. The van der Waals surface area contributed by atoms with Crippen molar-refractivity contribution in [2.24, 2.45) is 0 Å². The molecule has 106 valence electrons. The molecule has 1 N–H and O–H groups in total. The number of carboxylic acid groups (broad SMARTS) is 1. The minimum atomic E-state index is -0.898. The van der Waals surface area contributed by atoms with Crippen LogP contribution in [0.1, 0.15) is 32.4 Å². The molecular weight excluding hydrogens is 250 g/mol. The Bertz CT molecular complexity index is 634. The number of hydrogen-bond donors (Lipinski definition) is 1. The predicted octanol–water partition coefficient (Wildman–Crippen LogP) is 3.70. The fourth-order valence-electron chi connectivity index (χ4n) is 2.33. The van der Waals surface area contributed by atoms with Crippen molar-refractivity contribution in [3.05, 3.63) is 48.0 Å². The Morgan fingerprint density at radius 1 is 1.15 bits per heavy atom. The molecule has 1 atom stereocenters. The first-order valence-corrected chi connectivity index (χ1v) is 6.79. The molecule has 0 radical (unpaired) electrons. The Morgan fingerprint density at radius 2 is 1.75 bits per heavy atom. The van der Waals surface area contributed by atoms with Gasteiger partial charge in [-0.15, -0.1) is 0 Å². The highest BCUT2D eigenvalue weighted by Crippen LogP contribution is 2.28. The molecule has 2 aromatic carbocycles. The smallest absolute Gasteiger partial charge is 0.323 e. The van der Waals surface area contributed by atoms with E-state index in [2.05, 4.69) is 30.3 Å². The van der Waals surface area contributed by atoms with E-state index in [0.717, 1.165) is 5.56 Å². The second-order valence-corrected chi connectivity index (χ2v) is 5.76. The average molecular weight is 271 g/mol. The summed E-state index contributed by atoms with van der Waals surface area (Å²) in [7, 11) is 1.86. The molecule has 0 bridgehead atoms. The lowest BCUT2D eigenvalue weighted by Crippen LogP contribution is -2.48. The fourth-order valence-corrected chi connectivity index (χ4v) is 2.33. The lowest BCUT2D eigenvalue weighted by atomic mass is 9.96. The van der Waals surface area contributed by atoms with E-state index in [1.165, 1.54) is 10.8 Å².